The van der Waals surface area contributed by atoms with Gasteiger partial charge in [0.05, 0.1) is 0 Å². The molecule has 0 fully saturated rings. The summed E-state index contributed by atoms with van der Waals surface area (Å²) in [6.45, 7) is 3.87. The van der Waals surface area contributed by atoms with Gasteiger partial charge in [-0.3, -0.25) is 0 Å². The van der Waals surface area contributed by atoms with E-state index in [-0.39, 0.29) is 13.2 Å². The summed E-state index contributed by atoms with van der Waals surface area (Å²) in [6, 6.07) is 40.7. The number of carbonyl (C=O) groups is 1. The second kappa shape index (κ2) is 10.6. The number of ether oxygens (including phenoxy) is 2. The Morgan fingerprint density at radius 1 is 0.636 bits per heavy atom. The van der Waals surface area contributed by atoms with Crippen LogP contribution in [0.4, 0.5) is 0 Å². The zero-order valence-electron chi connectivity index (χ0n) is 18.4. The molecule has 0 bridgehead atoms. The molecule has 33 heavy (non-hydrogen) atoms. The average Bonchev–Trinajstić information content (AvgIpc) is 2.89. The lowest BCUT2D eigenvalue weighted by molar-refractivity contribution is -0.138. The molecular formula is C29H26O3Si. The first-order valence-electron chi connectivity index (χ1n) is 10.9. The Morgan fingerprint density at radius 3 is 1.48 bits per heavy atom. The van der Waals surface area contributed by atoms with Gasteiger partial charge in [-0.2, -0.15) is 0 Å². The molecule has 0 aliphatic rings. The van der Waals surface area contributed by atoms with E-state index in [0.717, 1.165) is 11.8 Å². The first kappa shape index (κ1) is 22.3. The molecule has 0 aromatic heterocycles. The highest BCUT2D eigenvalue weighted by molar-refractivity contribution is 7.19. The summed E-state index contributed by atoms with van der Waals surface area (Å²) in [4.78, 5) is 11.2. The van der Waals surface area contributed by atoms with Crippen molar-refractivity contribution < 1.29 is 14.3 Å². The molecule has 0 saturated heterocycles. The van der Waals surface area contributed by atoms with Crippen molar-refractivity contribution in [1.82, 2.24) is 0 Å². The molecule has 0 aliphatic carbocycles. The van der Waals surface area contributed by atoms with Crippen LogP contribution in [0.2, 0.25) is 0 Å². The third-order valence-corrected chi connectivity index (χ3v) is 10.5. The molecule has 0 spiro atoms. The summed E-state index contributed by atoms with van der Waals surface area (Å²) in [5, 5.41) is 5.25. The number of hydrogen-bond acceptors (Lipinski definition) is 3. The van der Waals surface area contributed by atoms with Crippen molar-refractivity contribution in [3.8, 4) is 5.75 Å². The minimum atomic E-state index is -2.52. The second-order valence-electron chi connectivity index (χ2n) is 7.59. The largest absolute Gasteiger partial charge is 0.490 e. The van der Waals surface area contributed by atoms with Crippen molar-refractivity contribution in [3.05, 3.63) is 128 Å². The standard InChI is InChI=1S/C29H26O3Si/c1-2-29(30)32-23-22-31-24-18-20-28(21-19-24)33(25-12-6-3-7-13-25,26-14-8-4-9-15-26)27-16-10-5-11-17-27/h2-21H,1,22-23H2. The summed E-state index contributed by atoms with van der Waals surface area (Å²) < 4.78 is 10.8. The van der Waals surface area contributed by atoms with Gasteiger partial charge < -0.3 is 9.47 Å². The van der Waals surface area contributed by atoms with Gasteiger partial charge in [0, 0.05) is 6.08 Å². The predicted octanol–water partition coefficient (Wildman–Crippen LogP) is 3.17. The second-order valence-corrected chi connectivity index (χ2v) is 11.4. The lowest BCUT2D eigenvalue weighted by Gasteiger charge is -2.34. The van der Waals surface area contributed by atoms with E-state index >= 15 is 0 Å². The zero-order chi connectivity index (χ0) is 22.9. The normalized spacial score (nSPS) is 10.9. The Bertz CT molecular complexity index is 1080. The number of esters is 1. The molecule has 0 saturated carbocycles. The van der Waals surface area contributed by atoms with Gasteiger partial charge in [0.15, 0.2) is 8.07 Å². The van der Waals surface area contributed by atoms with Crippen molar-refractivity contribution >= 4 is 34.8 Å². The molecule has 3 nitrogen and oxygen atoms in total. The van der Waals surface area contributed by atoms with Crippen LogP contribution >= 0.6 is 0 Å². The Labute approximate surface area is 196 Å². The van der Waals surface area contributed by atoms with E-state index in [1.54, 1.807) is 0 Å². The van der Waals surface area contributed by atoms with E-state index in [2.05, 4.69) is 110 Å². The maximum atomic E-state index is 11.2. The van der Waals surface area contributed by atoms with Crippen LogP contribution in [0.1, 0.15) is 0 Å². The van der Waals surface area contributed by atoms with Crippen LogP contribution in [0.3, 0.4) is 0 Å². The van der Waals surface area contributed by atoms with Gasteiger partial charge in [-0.15, -0.1) is 0 Å². The lowest BCUT2D eigenvalue weighted by atomic mass is 10.3. The van der Waals surface area contributed by atoms with E-state index in [0.29, 0.717) is 0 Å². The van der Waals surface area contributed by atoms with Crippen LogP contribution in [0, 0.1) is 0 Å². The molecule has 0 radical (unpaired) electrons. The average molecular weight is 451 g/mol. The van der Waals surface area contributed by atoms with Gasteiger partial charge in [0.25, 0.3) is 0 Å². The monoisotopic (exact) mass is 450 g/mol. The molecule has 4 aromatic carbocycles. The molecule has 4 rings (SSSR count). The molecule has 0 aliphatic heterocycles. The van der Waals surface area contributed by atoms with Gasteiger partial charge >= 0.3 is 5.97 Å². The molecule has 164 valence electrons. The van der Waals surface area contributed by atoms with Crippen molar-refractivity contribution in [1.29, 1.82) is 0 Å². The van der Waals surface area contributed by atoms with Crippen molar-refractivity contribution in [2.24, 2.45) is 0 Å². The minimum absolute atomic E-state index is 0.184. The van der Waals surface area contributed by atoms with Crippen LogP contribution in [-0.4, -0.2) is 27.3 Å². The fourth-order valence-electron chi connectivity index (χ4n) is 4.23. The van der Waals surface area contributed by atoms with Crippen LogP contribution in [0.15, 0.2) is 128 Å². The van der Waals surface area contributed by atoms with E-state index in [1.165, 1.54) is 20.7 Å². The third-order valence-electron chi connectivity index (χ3n) is 5.67. The number of carbonyl (C=O) groups excluding carboxylic acids is 1. The van der Waals surface area contributed by atoms with Gasteiger partial charge in [-0.05, 0) is 32.9 Å². The zero-order valence-corrected chi connectivity index (χ0v) is 19.4. The molecule has 0 atom stereocenters. The van der Waals surface area contributed by atoms with Gasteiger partial charge in [0.1, 0.15) is 19.0 Å². The Balaban J connectivity index is 1.76. The number of rotatable bonds is 9. The fraction of sp³-hybridized carbons (Fsp3) is 0.0690. The van der Waals surface area contributed by atoms with Crippen molar-refractivity contribution in [2.75, 3.05) is 13.2 Å². The molecule has 0 heterocycles. The maximum absolute atomic E-state index is 11.2. The number of benzene rings is 4. The fourth-order valence-corrected chi connectivity index (χ4v) is 8.97. The first-order valence-corrected chi connectivity index (χ1v) is 12.9. The summed E-state index contributed by atoms with van der Waals surface area (Å²) in [5.74, 6) is 0.295. The van der Waals surface area contributed by atoms with Crippen molar-refractivity contribution in [2.45, 2.75) is 0 Å². The van der Waals surface area contributed by atoms with E-state index in [1.807, 2.05) is 12.1 Å². The predicted molar refractivity (Wildman–Crippen MR) is 137 cm³/mol. The van der Waals surface area contributed by atoms with Crippen LogP contribution in [0.25, 0.3) is 0 Å². The molecular weight excluding hydrogens is 424 g/mol. The lowest BCUT2D eigenvalue weighted by Crippen LogP contribution is -2.74. The van der Waals surface area contributed by atoms with Crippen LogP contribution in [-0.2, 0) is 9.53 Å². The smallest absolute Gasteiger partial charge is 0.330 e. The molecule has 4 aromatic rings. The third kappa shape index (κ3) is 4.81. The van der Waals surface area contributed by atoms with Gasteiger partial charge in [-0.1, -0.05) is 110 Å². The van der Waals surface area contributed by atoms with Crippen molar-refractivity contribution in [3.63, 3.8) is 0 Å². The highest BCUT2D eigenvalue weighted by Gasteiger charge is 2.41. The summed E-state index contributed by atoms with van der Waals surface area (Å²) >= 11 is 0. The van der Waals surface area contributed by atoms with Crippen LogP contribution in [0.5, 0.6) is 5.75 Å². The maximum Gasteiger partial charge on any atom is 0.330 e. The topological polar surface area (TPSA) is 35.5 Å². The summed E-state index contributed by atoms with van der Waals surface area (Å²) in [7, 11) is -2.52. The Kier molecular flexibility index (Phi) is 7.18. The summed E-state index contributed by atoms with van der Waals surface area (Å²) in [6.07, 6.45) is 1.15. The number of hydrogen-bond donors (Lipinski definition) is 0. The summed E-state index contributed by atoms with van der Waals surface area (Å²) in [5.41, 5.74) is 0. The highest BCUT2D eigenvalue weighted by atomic mass is 28.3. The van der Waals surface area contributed by atoms with Crippen LogP contribution < -0.4 is 25.5 Å². The molecule has 0 N–H and O–H groups in total. The van der Waals surface area contributed by atoms with E-state index < -0.39 is 14.0 Å². The SMILES string of the molecule is C=CC(=O)OCCOc1ccc([Si](c2ccccc2)(c2ccccc2)c2ccccc2)cc1. The quantitative estimate of drug-likeness (QED) is 0.129. The first-order chi connectivity index (χ1) is 16.2. The molecule has 0 unspecified atom stereocenters. The van der Waals surface area contributed by atoms with Gasteiger partial charge in [0.2, 0.25) is 0 Å². The Hall–Kier alpha value is -3.89. The van der Waals surface area contributed by atoms with Gasteiger partial charge in [-0.25, -0.2) is 4.79 Å². The van der Waals surface area contributed by atoms with E-state index in [9.17, 15) is 4.79 Å². The van der Waals surface area contributed by atoms with E-state index in [4.69, 9.17) is 9.47 Å². The highest BCUT2D eigenvalue weighted by Crippen LogP contribution is 2.13. The molecule has 0 amide bonds. The Morgan fingerprint density at radius 2 is 1.06 bits per heavy atom. The molecule has 4 heteroatoms. The minimum Gasteiger partial charge on any atom is -0.490 e.